The van der Waals surface area contributed by atoms with E-state index in [-0.39, 0.29) is 17.3 Å². The number of anilines is 1. The van der Waals surface area contributed by atoms with Crippen LogP contribution in [0.3, 0.4) is 0 Å². The lowest BCUT2D eigenvalue weighted by molar-refractivity contribution is -0.119. The molecule has 0 bridgehead atoms. The molecule has 0 fully saturated rings. The van der Waals surface area contributed by atoms with E-state index >= 15 is 0 Å². The van der Waals surface area contributed by atoms with Crippen LogP contribution >= 0.6 is 0 Å². The van der Waals surface area contributed by atoms with Gasteiger partial charge in [0.1, 0.15) is 6.54 Å². The number of rotatable bonds is 8. The zero-order chi connectivity index (χ0) is 21.6. The average Bonchev–Trinajstić information content (AvgIpc) is 2.74. The molecule has 2 aromatic carbocycles. The molecule has 0 aromatic heterocycles. The number of amides is 1. The van der Waals surface area contributed by atoms with Gasteiger partial charge in [-0.05, 0) is 70.2 Å². The molecule has 6 heteroatoms. The highest BCUT2D eigenvalue weighted by atomic mass is 32.2. The first-order chi connectivity index (χ1) is 14.4. The number of hydrogen-bond acceptors (Lipinski definition) is 3. The second-order valence-corrected chi connectivity index (χ2v) is 9.73. The number of carbonyl (C=O) groups is 1. The highest BCUT2D eigenvalue weighted by Crippen LogP contribution is 2.24. The van der Waals surface area contributed by atoms with Crippen molar-refractivity contribution in [2.24, 2.45) is 0 Å². The molecule has 0 saturated carbocycles. The number of aryl methyl sites for hydroxylation is 2. The summed E-state index contributed by atoms with van der Waals surface area (Å²) in [7, 11) is -3.86. The Bertz CT molecular complexity index is 994. The van der Waals surface area contributed by atoms with Crippen LogP contribution in [0.4, 0.5) is 5.69 Å². The molecule has 1 aliphatic rings. The third-order valence-corrected chi connectivity index (χ3v) is 7.16. The van der Waals surface area contributed by atoms with Crippen LogP contribution in [-0.4, -0.2) is 27.4 Å². The van der Waals surface area contributed by atoms with Gasteiger partial charge in [-0.3, -0.25) is 9.10 Å². The molecule has 0 heterocycles. The van der Waals surface area contributed by atoms with Crippen LogP contribution < -0.4 is 9.62 Å². The standard InChI is InChI=1S/C24H30N2O3S/c1-19-8-12-22(13-9-19)26(30(28,29)23-14-10-20(2)11-15-23)18-24(27)25-17-16-21-6-4-3-5-7-21/h6,8-15H,3-5,7,16-18H2,1-2H3,(H,25,27). The summed E-state index contributed by atoms with van der Waals surface area (Å²) in [5.74, 6) is -0.303. The molecule has 160 valence electrons. The molecule has 0 aliphatic heterocycles. The van der Waals surface area contributed by atoms with E-state index < -0.39 is 10.0 Å². The molecule has 0 spiro atoms. The van der Waals surface area contributed by atoms with Gasteiger partial charge in [0.05, 0.1) is 10.6 Å². The number of nitrogens with zero attached hydrogens (tertiary/aromatic N) is 1. The van der Waals surface area contributed by atoms with Crippen molar-refractivity contribution in [3.05, 3.63) is 71.3 Å². The smallest absolute Gasteiger partial charge is 0.264 e. The van der Waals surface area contributed by atoms with E-state index in [1.54, 1.807) is 36.4 Å². The van der Waals surface area contributed by atoms with Crippen molar-refractivity contribution in [1.29, 1.82) is 0 Å². The maximum Gasteiger partial charge on any atom is 0.264 e. The first-order valence-corrected chi connectivity index (χ1v) is 11.9. The Morgan fingerprint density at radius 1 is 0.967 bits per heavy atom. The monoisotopic (exact) mass is 426 g/mol. The van der Waals surface area contributed by atoms with Crippen molar-refractivity contribution >= 4 is 21.6 Å². The summed E-state index contributed by atoms with van der Waals surface area (Å²) in [5.41, 5.74) is 3.86. The fourth-order valence-electron chi connectivity index (χ4n) is 3.54. The predicted octanol–water partition coefficient (Wildman–Crippen LogP) is 4.51. The molecule has 30 heavy (non-hydrogen) atoms. The van der Waals surface area contributed by atoms with Crippen molar-refractivity contribution in [2.75, 3.05) is 17.4 Å². The minimum atomic E-state index is -3.86. The Morgan fingerprint density at radius 3 is 2.20 bits per heavy atom. The largest absolute Gasteiger partial charge is 0.354 e. The first-order valence-electron chi connectivity index (χ1n) is 10.5. The van der Waals surface area contributed by atoms with Crippen LogP contribution in [0.15, 0.2) is 65.1 Å². The summed E-state index contributed by atoms with van der Waals surface area (Å²) >= 11 is 0. The van der Waals surface area contributed by atoms with Gasteiger partial charge in [0.25, 0.3) is 10.0 Å². The molecular formula is C24H30N2O3S. The molecule has 1 amide bonds. The van der Waals surface area contributed by atoms with Gasteiger partial charge in [-0.1, -0.05) is 47.0 Å². The van der Waals surface area contributed by atoms with E-state index in [9.17, 15) is 13.2 Å². The maximum atomic E-state index is 13.3. The second kappa shape index (κ2) is 9.94. The average molecular weight is 427 g/mol. The van der Waals surface area contributed by atoms with Crippen LogP contribution in [0.5, 0.6) is 0 Å². The Balaban J connectivity index is 1.75. The van der Waals surface area contributed by atoms with E-state index in [4.69, 9.17) is 0 Å². The summed E-state index contributed by atoms with van der Waals surface area (Å²) in [5, 5.41) is 2.89. The van der Waals surface area contributed by atoms with Gasteiger partial charge in [-0.2, -0.15) is 0 Å². The van der Waals surface area contributed by atoms with Crippen LogP contribution in [0.1, 0.15) is 43.2 Å². The molecular weight excluding hydrogens is 396 g/mol. The molecule has 0 atom stereocenters. The van der Waals surface area contributed by atoms with Crippen molar-refractivity contribution in [3.63, 3.8) is 0 Å². The third kappa shape index (κ3) is 5.72. The minimum Gasteiger partial charge on any atom is -0.354 e. The summed E-state index contributed by atoms with van der Waals surface area (Å²) in [6.07, 6.45) is 7.72. The fourth-order valence-corrected chi connectivity index (χ4v) is 4.97. The molecule has 5 nitrogen and oxygen atoms in total. The summed E-state index contributed by atoms with van der Waals surface area (Å²) in [6.45, 7) is 4.12. The summed E-state index contributed by atoms with van der Waals surface area (Å²) < 4.78 is 27.8. The highest BCUT2D eigenvalue weighted by Gasteiger charge is 2.27. The van der Waals surface area contributed by atoms with E-state index in [1.165, 1.54) is 22.7 Å². The van der Waals surface area contributed by atoms with Crippen molar-refractivity contribution in [3.8, 4) is 0 Å². The molecule has 1 N–H and O–H groups in total. The minimum absolute atomic E-state index is 0.175. The van der Waals surface area contributed by atoms with Crippen molar-refractivity contribution in [2.45, 2.75) is 50.8 Å². The molecule has 1 aliphatic carbocycles. The SMILES string of the molecule is Cc1ccc(N(CC(=O)NCCC2=CCCCC2)S(=O)(=O)c2ccc(C)cc2)cc1. The maximum absolute atomic E-state index is 13.3. The molecule has 0 saturated heterocycles. The Kier molecular flexibility index (Phi) is 7.32. The Morgan fingerprint density at radius 2 is 1.60 bits per heavy atom. The van der Waals surface area contributed by atoms with Crippen LogP contribution in [0.25, 0.3) is 0 Å². The van der Waals surface area contributed by atoms with Gasteiger partial charge in [0, 0.05) is 6.54 Å². The van der Waals surface area contributed by atoms with Crippen LogP contribution in [-0.2, 0) is 14.8 Å². The zero-order valence-corrected chi connectivity index (χ0v) is 18.5. The number of carbonyl (C=O) groups excluding carboxylic acids is 1. The Hall–Kier alpha value is -2.60. The molecule has 2 aromatic rings. The van der Waals surface area contributed by atoms with Gasteiger partial charge in [0.2, 0.25) is 5.91 Å². The predicted molar refractivity (Wildman–Crippen MR) is 121 cm³/mol. The van der Waals surface area contributed by atoms with E-state index in [1.807, 2.05) is 26.0 Å². The van der Waals surface area contributed by atoms with Gasteiger partial charge >= 0.3 is 0 Å². The second-order valence-electron chi connectivity index (χ2n) is 7.87. The lowest BCUT2D eigenvalue weighted by Gasteiger charge is -2.24. The molecule has 3 rings (SSSR count). The van der Waals surface area contributed by atoms with E-state index in [2.05, 4.69) is 11.4 Å². The number of sulfonamides is 1. The highest BCUT2D eigenvalue weighted by molar-refractivity contribution is 7.92. The number of hydrogen-bond donors (Lipinski definition) is 1. The van der Waals surface area contributed by atoms with Crippen LogP contribution in [0, 0.1) is 13.8 Å². The van der Waals surface area contributed by atoms with Gasteiger partial charge in [0.15, 0.2) is 0 Å². The molecule has 0 radical (unpaired) electrons. The van der Waals surface area contributed by atoms with Crippen molar-refractivity contribution < 1.29 is 13.2 Å². The number of benzene rings is 2. The normalized spacial score (nSPS) is 14.1. The van der Waals surface area contributed by atoms with E-state index in [0.717, 1.165) is 30.4 Å². The van der Waals surface area contributed by atoms with E-state index in [0.29, 0.717) is 12.2 Å². The lowest BCUT2D eigenvalue weighted by atomic mass is 9.97. The quantitative estimate of drug-likeness (QED) is 0.632. The number of nitrogens with one attached hydrogen (secondary N) is 1. The summed E-state index contributed by atoms with van der Waals surface area (Å²) in [6, 6.07) is 13.9. The third-order valence-electron chi connectivity index (χ3n) is 5.37. The van der Waals surface area contributed by atoms with Gasteiger partial charge in [-0.25, -0.2) is 8.42 Å². The lowest BCUT2D eigenvalue weighted by Crippen LogP contribution is -2.41. The number of allylic oxidation sites excluding steroid dienone is 1. The van der Waals surface area contributed by atoms with Gasteiger partial charge < -0.3 is 5.32 Å². The Labute approximate surface area is 179 Å². The van der Waals surface area contributed by atoms with Gasteiger partial charge in [-0.15, -0.1) is 0 Å². The molecule has 0 unspecified atom stereocenters. The first kappa shape index (κ1) is 22.1. The van der Waals surface area contributed by atoms with Crippen molar-refractivity contribution in [1.82, 2.24) is 5.32 Å². The topological polar surface area (TPSA) is 66.5 Å². The van der Waals surface area contributed by atoms with Crippen LogP contribution in [0.2, 0.25) is 0 Å². The summed E-state index contributed by atoms with van der Waals surface area (Å²) in [4.78, 5) is 12.8. The zero-order valence-electron chi connectivity index (χ0n) is 17.7. The fraction of sp³-hybridized carbons (Fsp3) is 0.375.